The maximum Gasteiger partial charge on any atom is 0.242 e. The van der Waals surface area contributed by atoms with Gasteiger partial charge in [0.2, 0.25) is 11.8 Å². The number of hydrogen-bond donors (Lipinski definition) is 1. The third-order valence-electron chi connectivity index (χ3n) is 3.36. The average molecular weight is 255 g/mol. The first-order valence-corrected chi connectivity index (χ1v) is 6.70. The van der Waals surface area contributed by atoms with Gasteiger partial charge in [0.05, 0.1) is 13.1 Å². The molecule has 1 rings (SSSR count). The zero-order chi connectivity index (χ0) is 13.7. The van der Waals surface area contributed by atoms with E-state index in [9.17, 15) is 9.59 Å². The van der Waals surface area contributed by atoms with Gasteiger partial charge < -0.3 is 15.1 Å². The molecule has 104 valence electrons. The minimum Gasteiger partial charge on any atom is -0.335 e. The Labute approximate surface area is 110 Å². The van der Waals surface area contributed by atoms with Crippen LogP contribution in [0.1, 0.15) is 27.2 Å². The van der Waals surface area contributed by atoms with Gasteiger partial charge in [-0.1, -0.05) is 20.8 Å². The topological polar surface area (TPSA) is 52.7 Å². The van der Waals surface area contributed by atoms with Gasteiger partial charge in [-0.05, 0) is 18.9 Å². The zero-order valence-electron chi connectivity index (χ0n) is 11.9. The lowest BCUT2D eigenvalue weighted by molar-refractivity contribution is -0.149. The maximum absolute atomic E-state index is 11.9. The van der Waals surface area contributed by atoms with Gasteiger partial charge in [-0.2, -0.15) is 0 Å². The smallest absolute Gasteiger partial charge is 0.242 e. The number of piperazine rings is 1. The second-order valence-corrected chi connectivity index (χ2v) is 5.33. The summed E-state index contributed by atoms with van der Waals surface area (Å²) in [6.07, 6.45) is 1.07. The van der Waals surface area contributed by atoms with Crippen LogP contribution in [-0.4, -0.2) is 60.9 Å². The standard InChI is InChI=1S/C13H25N3O2/c1-5-6-14-11(10(2)3)7-16-9-12(17)15(4)8-13(16)18/h10-11,14H,5-9H2,1-4H3. The molecular weight excluding hydrogens is 230 g/mol. The first kappa shape index (κ1) is 15.0. The first-order valence-electron chi connectivity index (χ1n) is 6.70. The van der Waals surface area contributed by atoms with Gasteiger partial charge in [-0.3, -0.25) is 9.59 Å². The molecule has 5 heteroatoms. The van der Waals surface area contributed by atoms with E-state index >= 15 is 0 Å². The van der Waals surface area contributed by atoms with Crippen LogP contribution in [0.4, 0.5) is 0 Å². The van der Waals surface area contributed by atoms with Gasteiger partial charge in [0.15, 0.2) is 0 Å². The van der Waals surface area contributed by atoms with Crippen LogP contribution < -0.4 is 5.32 Å². The van der Waals surface area contributed by atoms with Crippen LogP contribution in [-0.2, 0) is 9.59 Å². The molecule has 0 aromatic rings. The fraction of sp³-hybridized carbons (Fsp3) is 0.846. The lowest BCUT2D eigenvalue weighted by Crippen LogP contribution is -2.56. The molecule has 1 aliphatic rings. The van der Waals surface area contributed by atoms with Crippen LogP contribution in [0.5, 0.6) is 0 Å². The fourth-order valence-corrected chi connectivity index (χ4v) is 2.01. The van der Waals surface area contributed by atoms with Crippen molar-refractivity contribution in [2.75, 3.05) is 33.2 Å². The van der Waals surface area contributed by atoms with Crippen LogP contribution in [0.3, 0.4) is 0 Å². The Morgan fingerprint density at radius 1 is 1.22 bits per heavy atom. The van der Waals surface area contributed by atoms with Gasteiger partial charge in [0.25, 0.3) is 0 Å². The molecule has 1 atom stereocenters. The highest BCUT2D eigenvalue weighted by Gasteiger charge is 2.29. The predicted molar refractivity (Wildman–Crippen MR) is 71.1 cm³/mol. The summed E-state index contributed by atoms with van der Waals surface area (Å²) in [5.74, 6) is 0.507. The minimum absolute atomic E-state index is 0.0209. The van der Waals surface area contributed by atoms with Gasteiger partial charge in [-0.25, -0.2) is 0 Å². The number of amides is 2. The van der Waals surface area contributed by atoms with Crippen molar-refractivity contribution in [2.45, 2.75) is 33.2 Å². The molecule has 1 heterocycles. The van der Waals surface area contributed by atoms with Crippen LogP contribution >= 0.6 is 0 Å². The molecule has 1 unspecified atom stereocenters. The van der Waals surface area contributed by atoms with Crippen molar-refractivity contribution < 1.29 is 9.59 Å². The Balaban J connectivity index is 2.57. The van der Waals surface area contributed by atoms with Crippen molar-refractivity contribution in [3.8, 4) is 0 Å². The minimum atomic E-state index is 0.0209. The number of rotatable bonds is 6. The van der Waals surface area contributed by atoms with E-state index in [1.165, 1.54) is 4.90 Å². The summed E-state index contributed by atoms with van der Waals surface area (Å²) in [7, 11) is 1.67. The summed E-state index contributed by atoms with van der Waals surface area (Å²) in [4.78, 5) is 26.7. The molecule has 2 amide bonds. The number of likely N-dealkylation sites (N-methyl/N-ethyl adjacent to an activating group) is 1. The molecule has 18 heavy (non-hydrogen) atoms. The van der Waals surface area contributed by atoms with Crippen molar-refractivity contribution in [1.82, 2.24) is 15.1 Å². The number of nitrogens with one attached hydrogen (secondary N) is 1. The summed E-state index contributed by atoms with van der Waals surface area (Å²) >= 11 is 0. The van der Waals surface area contributed by atoms with E-state index in [1.807, 2.05) is 0 Å². The number of nitrogens with zero attached hydrogens (tertiary/aromatic N) is 2. The number of carbonyl (C=O) groups excluding carboxylic acids is 2. The third kappa shape index (κ3) is 3.98. The van der Waals surface area contributed by atoms with Crippen molar-refractivity contribution >= 4 is 11.8 Å². The molecule has 5 nitrogen and oxygen atoms in total. The highest BCUT2D eigenvalue weighted by molar-refractivity contribution is 5.92. The van der Waals surface area contributed by atoms with E-state index in [2.05, 4.69) is 26.1 Å². The van der Waals surface area contributed by atoms with Crippen molar-refractivity contribution in [3.05, 3.63) is 0 Å². The normalized spacial score (nSPS) is 18.7. The zero-order valence-corrected chi connectivity index (χ0v) is 11.9. The lowest BCUT2D eigenvalue weighted by atomic mass is 10.0. The van der Waals surface area contributed by atoms with E-state index in [0.717, 1.165) is 13.0 Å². The SMILES string of the molecule is CCCNC(CN1CC(=O)N(C)CC1=O)C(C)C. The monoisotopic (exact) mass is 255 g/mol. The summed E-state index contributed by atoms with van der Waals surface area (Å²) in [5, 5.41) is 3.44. The van der Waals surface area contributed by atoms with Gasteiger partial charge >= 0.3 is 0 Å². The van der Waals surface area contributed by atoms with E-state index in [4.69, 9.17) is 0 Å². The second-order valence-electron chi connectivity index (χ2n) is 5.33. The van der Waals surface area contributed by atoms with Crippen LogP contribution in [0.2, 0.25) is 0 Å². The van der Waals surface area contributed by atoms with Crippen LogP contribution in [0.25, 0.3) is 0 Å². The molecule has 0 aliphatic carbocycles. The second kappa shape index (κ2) is 6.73. The number of carbonyl (C=O) groups is 2. The Morgan fingerprint density at radius 2 is 1.89 bits per heavy atom. The fourth-order valence-electron chi connectivity index (χ4n) is 2.01. The van der Waals surface area contributed by atoms with Crippen molar-refractivity contribution in [3.63, 3.8) is 0 Å². The van der Waals surface area contributed by atoms with Crippen LogP contribution in [0.15, 0.2) is 0 Å². The molecular formula is C13H25N3O2. The molecule has 0 saturated carbocycles. The van der Waals surface area contributed by atoms with E-state index in [1.54, 1.807) is 11.9 Å². The number of hydrogen-bond acceptors (Lipinski definition) is 3. The van der Waals surface area contributed by atoms with Crippen molar-refractivity contribution in [1.29, 1.82) is 0 Å². The summed E-state index contributed by atoms with van der Waals surface area (Å²) < 4.78 is 0. The lowest BCUT2D eigenvalue weighted by Gasteiger charge is -2.35. The summed E-state index contributed by atoms with van der Waals surface area (Å²) in [6.45, 7) is 8.37. The Kier molecular flexibility index (Phi) is 5.59. The predicted octanol–water partition coefficient (Wildman–Crippen LogP) is 0.311. The largest absolute Gasteiger partial charge is 0.335 e. The van der Waals surface area contributed by atoms with E-state index < -0.39 is 0 Å². The molecule has 0 bridgehead atoms. The Morgan fingerprint density at radius 3 is 2.44 bits per heavy atom. The molecule has 0 radical (unpaired) electrons. The molecule has 1 saturated heterocycles. The Bertz CT molecular complexity index is 305. The molecule has 1 fully saturated rings. The summed E-state index contributed by atoms with van der Waals surface area (Å²) in [5.41, 5.74) is 0. The van der Waals surface area contributed by atoms with Gasteiger partial charge in [0, 0.05) is 19.6 Å². The Hall–Kier alpha value is -1.10. The van der Waals surface area contributed by atoms with E-state index in [0.29, 0.717) is 12.5 Å². The first-order chi connectivity index (χ1) is 8.45. The molecule has 0 spiro atoms. The molecule has 0 aromatic heterocycles. The molecule has 0 aromatic carbocycles. The molecule has 1 N–H and O–H groups in total. The van der Waals surface area contributed by atoms with E-state index in [-0.39, 0.29) is 30.9 Å². The van der Waals surface area contributed by atoms with Gasteiger partial charge in [-0.15, -0.1) is 0 Å². The van der Waals surface area contributed by atoms with Gasteiger partial charge in [0.1, 0.15) is 0 Å². The highest BCUT2D eigenvalue weighted by atomic mass is 16.2. The van der Waals surface area contributed by atoms with Crippen LogP contribution in [0, 0.1) is 5.92 Å². The molecule has 1 aliphatic heterocycles. The third-order valence-corrected chi connectivity index (χ3v) is 3.36. The quantitative estimate of drug-likeness (QED) is 0.743. The highest BCUT2D eigenvalue weighted by Crippen LogP contribution is 2.08. The maximum atomic E-state index is 11.9. The average Bonchev–Trinajstić information content (AvgIpc) is 2.30. The summed E-state index contributed by atoms with van der Waals surface area (Å²) in [6, 6.07) is 0.255. The van der Waals surface area contributed by atoms with Crippen molar-refractivity contribution in [2.24, 2.45) is 5.92 Å².